The van der Waals surface area contributed by atoms with Gasteiger partial charge in [0.25, 0.3) is 0 Å². The lowest BCUT2D eigenvalue weighted by atomic mass is 10.1. The largest absolute Gasteiger partial charge is 0.497 e. The lowest BCUT2D eigenvalue weighted by Gasteiger charge is -2.19. The number of hydrogen-bond acceptors (Lipinski definition) is 5. The number of rotatable bonds is 9. The van der Waals surface area contributed by atoms with Gasteiger partial charge in [0.1, 0.15) is 11.4 Å². The summed E-state index contributed by atoms with van der Waals surface area (Å²) in [6.07, 6.45) is 0.242. The van der Waals surface area contributed by atoms with Gasteiger partial charge in [-0.15, -0.1) is 0 Å². The third-order valence-electron chi connectivity index (χ3n) is 3.31. The highest BCUT2D eigenvalue weighted by Gasteiger charge is 2.16. The van der Waals surface area contributed by atoms with Gasteiger partial charge in [0, 0.05) is 13.1 Å². The second kappa shape index (κ2) is 11.1. The van der Waals surface area contributed by atoms with Crippen LogP contribution in [-0.2, 0) is 20.7 Å². The van der Waals surface area contributed by atoms with Crippen molar-refractivity contribution in [2.75, 3.05) is 26.7 Å². The van der Waals surface area contributed by atoms with Gasteiger partial charge in [-0.25, -0.2) is 4.79 Å². The molecule has 3 amide bonds. The molecule has 8 heteroatoms. The third-order valence-corrected chi connectivity index (χ3v) is 3.31. The Morgan fingerprint density at radius 2 is 1.52 bits per heavy atom. The lowest BCUT2D eigenvalue weighted by Crippen LogP contribution is -2.40. The number of ether oxygens (including phenoxy) is 2. The molecule has 3 N–H and O–H groups in total. The van der Waals surface area contributed by atoms with Crippen LogP contribution in [0.25, 0.3) is 0 Å². The first-order chi connectivity index (χ1) is 12.7. The minimum Gasteiger partial charge on any atom is -0.497 e. The topological polar surface area (TPSA) is 106 Å². The summed E-state index contributed by atoms with van der Waals surface area (Å²) in [4.78, 5) is 34.9. The zero-order chi connectivity index (χ0) is 20.3. The molecule has 0 unspecified atom stereocenters. The van der Waals surface area contributed by atoms with Crippen molar-refractivity contribution < 1.29 is 23.9 Å². The summed E-state index contributed by atoms with van der Waals surface area (Å²) in [5, 5.41) is 7.84. The van der Waals surface area contributed by atoms with Crippen molar-refractivity contribution in [3.63, 3.8) is 0 Å². The fraction of sp³-hybridized carbons (Fsp3) is 0.526. The number of benzene rings is 1. The van der Waals surface area contributed by atoms with Crippen molar-refractivity contribution in [2.45, 2.75) is 39.2 Å². The van der Waals surface area contributed by atoms with E-state index in [1.165, 1.54) is 0 Å². The highest BCUT2D eigenvalue weighted by Crippen LogP contribution is 2.11. The van der Waals surface area contributed by atoms with Gasteiger partial charge in [-0.05, 0) is 44.9 Å². The monoisotopic (exact) mass is 379 g/mol. The van der Waals surface area contributed by atoms with E-state index in [1.54, 1.807) is 27.9 Å². The van der Waals surface area contributed by atoms with Crippen LogP contribution in [0.2, 0.25) is 0 Å². The number of alkyl carbamates (subject to hydrolysis) is 1. The maximum Gasteiger partial charge on any atom is 0.408 e. The molecular formula is C19H29N3O5. The van der Waals surface area contributed by atoms with Crippen LogP contribution in [0.1, 0.15) is 32.8 Å². The van der Waals surface area contributed by atoms with Gasteiger partial charge in [-0.1, -0.05) is 12.1 Å². The van der Waals surface area contributed by atoms with E-state index in [-0.39, 0.29) is 24.8 Å². The molecule has 0 aliphatic carbocycles. The third kappa shape index (κ3) is 10.7. The number of methoxy groups -OCH3 is 1. The van der Waals surface area contributed by atoms with Crippen molar-refractivity contribution in [3.8, 4) is 5.75 Å². The molecule has 0 spiro atoms. The number of hydrogen-bond donors (Lipinski definition) is 3. The van der Waals surface area contributed by atoms with E-state index in [0.717, 1.165) is 11.3 Å². The van der Waals surface area contributed by atoms with Crippen molar-refractivity contribution in [3.05, 3.63) is 29.8 Å². The van der Waals surface area contributed by atoms with E-state index in [9.17, 15) is 14.4 Å². The van der Waals surface area contributed by atoms with Crippen molar-refractivity contribution in [1.82, 2.24) is 16.0 Å². The molecule has 0 aliphatic heterocycles. The summed E-state index contributed by atoms with van der Waals surface area (Å²) < 4.78 is 10.1. The molecule has 27 heavy (non-hydrogen) atoms. The predicted molar refractivity (Wildman–Crippen MR) is 102 cm³/mol. The summed E-state index contributed by atoms with van der Waals surface area (Å²) >= 11 is 0. The average molecular weight is 379 g/mol. The normalized spacial score (nSPS) is 10.7. The smallest absolute Gasteiger partial charge is 0.408 e. The molecule has 0 fully saturated rings. The van der Waals surface area contributed by atoms with E-state index < -0.39 is 11.7 Å². The Kier molecular flexibility index (Phi) is 9.12. The molecule has 0 bridgehead atoms. The maximum atomic E-state index is 11.9. The zero-order valence-electron chi connectivity index (χ0n) is 16.4. The summed E-state index contributed by atoms with van der Waals surface area (Å²) in [6.45, 7) is 5.94. The average Bonchev–Trinajstić information content (AvgIpc) is 2.59. The Labute approximate surface area is 160 Å². The highest BCUT2D eigenvalue weighted by molar-refractivity contribution is 5.82. The van der Waals surface area contributed by atoms with E-state index in [1.807, 2.05) is 24.3 Å². The highest BCUT2D eigenvalue weighted by atomic mass is 16.6. The number of carbonyl (C=O) groups excluding carboxylic acids is 3. The van der Waals surface area contributed by atoms with Crippen LogP contribution in [0.4, 0.5) is 4.79 Å². The van der Waals surface area contributed by atoms with Gasteiger partial charge in [0.05, 0.1) is 20.1 Å². The summed E-state index contributed by atoms with van der Waals surface area (Å²) in [6, 6.07) is 7.31. The zero-order valence-corrected chi connectivity index (χ0v) is 16.4. The Hall–Kier alpha value is -2.77. The Bertz CT molecular complexity index is 623. The minimum atomic E-state index is -0.636. The van der Waals surface area contributed by atoms with E-state index in [4.69, 9.17) is 9.47 Å². The molecular weight excluding hydrogens is 350 g/mol. The molecule has 1 rings (SSSR count). The van der Waals surface area contributed by atoms with Gasteiger partial charge in [0.2, 0.25) is 11.8 Å². The Morgan fingerprint density at radius 3 is 2.07 bits per heavy atom. The number of amides is 3. The summed E-state index contributed by atoms with van der Waals surface area (Å²) in [7, 11) is 1.59. The van der Waals surface area contributed by atoms with Crippen LogP contribution in [0, 0.1) is 0 Å². The standard InChI is InChI=1S/C19H29N3O5/c1-19(2,3)27-18(25)22-13-17(24)21-11-5-10-20-16(23)12-14-6-8-15(26-4)9-7-14/h6-9H,5,10-13H2,1-4H3,(H,20,23)(H,21,24)(H,22,25). The molecule has 0 atom stereocenters. The van der Waals surface area contributed by atoms with Crippen LogP contribution < -0.4 is 20.7 Å². The second-order valence-electron chi connectivity index (χ2n) is 6.93. The number of carbonyl (C=O) groups is 3. The van der Waals surface area contributed by atoms with Gasteiger partial charge < -0.3 is 25.4 Å². The molecule has 1 aromatic rings. The lowest BCUT2D eigenvalue weighted by molar-refractivity contribution is -0.120. The summed E-state index contributed by atoms with van der Waals surface area (Å²) in [5.41, 5.74) is 0.291. The minimum absolute atomic E-state index is 0.0851. The first-order valence-corrected chi connectivity index (χ1v) is 8.83. The molecule has 0 heterocycles. The molecule has 8 nitrogen and oxygen atoms in total. The van der Waals surface area contributed by atoms with Gasteiger partial charge in [-0.2, -0.15) is 0 Å². The van der Waals surface area contributed by atoms with E-state index in [0.29, 0.717) is 19.5 Å². The SMILES string of the molecule is COc1ccc(CC(=O)NCCCNC(=O)CNC(=O)OC(C)(C)C)cc1. The second-order valence-corrected chi connectivity index (χ2v) is 6.93. The summed E-state index contributed by atoms with van der Waals surface area (Å²) in [5.74, 6) is 0.347. The van der Waals surface area contributed by atoms with Crippen LogP contribution in [0.5, 0.6) is 5.75 Å². The van der Waals surface area contributed by atoms with Crippen LogP contribution in [-0.4, -0.2) is 50.3 Å². The van der Waals surface area contributed by atoms with Crippen molar-refractivity contribution in [2.24, 2.45) is 0 Å². The van der Waals surface area contributed by atoms with Crippen molar-refractivity contribution >= 4 is 17.9 Å². The van der Waals surface area contributed by atoms with Crippen LogP contribution in [0.15, 0.2) is 24.3 Å². The Morgan fingerprint density at radius 1 is 0.926 bits per heavy atom. The van der Waals surface area contributed by atoms with E-state index in [2.05, 4.69) is 16.0 Å². The molecule has 0 radical (unpaired) electrons. The quantitative estimate of drug-likeness (QED) is 0.562. The van der Waals surface area contributed by atoms with Crippen molar-refractivity contribution in [1.29, 1.82) is 0 Å². The maximum absolute atomic E-state index is 11.9. The fourth-order valence-electron chi connectivity index (χ4n) is 2.06. The molecule has 0 aliphatic rings. The van der Waals surface area contributed by atoms with Crippen LogP contribution >= 0.6 is 0 Å². The van der Waals surface area contributed by atoms with Gasteiger partial charge in [-0.3, -0.25) is 9.59 Å². The molecule has 150 valence electrons. The van der Waals surface area contributed by atoms with Crippen LogP contribution in [0.3, 0.4) is 0 Å². The molecule has 0 saturated heterocycles. The molecule has 0 aromatic heterocycles. The molecule has 0 saturated carbocycles. The fourth-order valence-corrected chi connectivity index (χ4v) is 2.06. The van der Waals surface area contributed by atoms with E-state index >= 15 is 0 Å². The molecule has 1 aromatic carbocycles. The number of nitrogens with one attached hydrogen (secondary N) is 3. The Balaban J connectivity index is 2.10. The first kappa shape index (κ1) is 22.3. The predicted octanol–water partition coefficient (Wildman–Crippen LogP) is 1.38. The van der Waals surface area contributed by atoms with Gasteiger partial charge >= 0.3 is 6.09 Å². The first-order valence-electron chi connectivity index (χ1n) is 8.83. The van der Waals surface area contributed by atoms with Gasteiger partial charge in [0.15, 0.2) is 0 Å².